The standard InChI is InChI=1S/C12H17NO4S2/c1-8-7-18-10(12(14)17-3)11(8)19(15,16)13(2)9-5-4-6-9/h7,9H,4-6H2,1-3H3. The molecule has 0 amide bonds. The van der Waals surface area contributed by atoms with Crippen molar-refractivity contribution in [1.82, 2.24) is 4.31 Å². The highest BCUT2D eigenvalue weighted by atomic mass is 32.2. The Balaban J connectivity index is 2.45. The van der Waals surface area contributed by atoms with Crippen LogP contribution < -0.4 is 0 Å². The van der Waals surface area contributed by atoms with E-state index in [9.17, 15) is 13.2 Å². The molecule has 106 valence electrons. The van der Waals surface area contributed by atoms with Crippen molar-refractivity contribution in [2.24, 2.45) is 0 Å². The van der Waals surface area contributed by atoms with Crippen molar-refractivity contribution in [3.8, 4) is 0 Å². The van der Waals surface area contributed by atoms with Crippen LogP contribution >= 0.6 is 11.3 Å². The van der Waals surface area contributed by atoms with E-state index in [0.29, 0.717) is 5.56 Å². The van der Waals surface area contributed by atoms with Gasteiger partial charge in [0, 0.05) is 13.1 Å². The monoisotopic (exact) mass is 303 g/mol. The third kappa shape index (κ3) is 2.42. The molecule has 1 aromatic rings. The summed E-state index contributed by atoms with van der Waals surface area (Å²) >= 11 is 1.11. The molecule has 1 aliphatic carbocycles. The summed E-state index contributed by atoms with van der Waals surface area (Å²) in [5.74, 6) is -0.598. The van der Waals surface area contributed by atoms with Gasteiger partial charge in [-0.05, 0) is 30.7 Å². The Morgan fingerprint density at radius 3 is 2.58 bits per heavy atom. The first kappa shape index (κ1) is 14.5. The molecule has 0 aliphatic heterocycles. The lowest BCUT2D eigenvalue weighted by molar-refractivity contribution is 0.0602. The minimum atomic E-state index is -3.63. The van der Waals surface area contributed by atoms with Gasteiger partial charge in [0.2, 0.25) is 10.0 Å². The molecule has 0 atom stereocenters. The number of nitrogens with zero attached hydrogens (tertiary/aromatic N) is 1. The van der Waals surface area contributed by atoms with Gasteiger partial charge in [-0.25, -0.2) is 13.2 Å². The summed E-state index contributed by atoms with van der Waals surface area (Å²) in [5.41, 5.74) is 0.594. The number of carbonyl (C=O) groups is 1. The molecular formula is C12H17NO4S2. The highest BCUT2D eigenvalue weighted by molar-refractivity contribution is 7.89. The molecule has 0 saturated heterocycles. The van der Waals surface area contributed by atoms with Gasteiger partial charge in [0.1, 0.15) is 9.77 Å². The molecule has 0 aromatic carbocycles. The maximum absolute atomic E-state index is 12.6. The van der Waals surface area contributed by atoms with E-state index in [1.807, 2.05) is 0 Å². The fraction of sp³-hybridized carbons (Fsp3) is 0.583. The van der Waals surface area contributed by atoms with Crippen molar-refractivity contribution >= 4 is 27.3 Å². The molecule has 19 heavy (non-hydrogen) atoms. The fourth-order valence-electron chi connectivity index (χ4n) is 2.08. The molecule has 0 bridgehead atoms. The maximum atomic E-state index is 12.6. The van der Waals surface area contributed by atoms with Gasteiger partial charge < -0.3 is 4.74 Å². The molecule has 2 rings (SSSR count). The number of rotatable bonds is 4. The Bertz CT molecular complexity index is 587. The van der Waals surface area contributed by atoms with Crippen molar-refractivity contribution in [2.45, 2.75) is 37.1 Å². The minimum Gasteiger partial charge on any atom is -0.465 e. The Morgan fingerprint density at radius 2 is 2.11 bits per heavy atom. The number of aryl methyl sites for hydroxylation is 1. The first-order valence-electron chi connectivity index (χ1n) is 6.04. The summed E-state index contributed by atoms with van der Waals surface area (Å²) in [5, 5.41) is 1.67. The summed E-state index contributed by atoms with van der Waals surface area (Å²) in [7, 11) is -0.795. The molecule has 7 heteroatoms. The fourth-order valence-corrected chi connectivity index (χ4v) is 5.15. The van der Waals surface area contributed by atoms with Gasteiger partial charge in [-0.3, -0.25) is 0 Å². The van der Waals surface area contributed by atoms with Crippen LogP contribution in [-0.4, -0.2) is 38.9 Å². The molecule has 0 radical (unpaired) electrons. The number of thiophene rings is 1. The average molecular weight is 303 g/mol. The summed E-state index contributed by atoms with van der Waals surface area (Å²) in [6, 6.07) is 0.0507. The third-order valence-electron chi connectivity index (χ3n) is 3.51. The molecule has 5 nitrogen and oxygen atoms in total. The Morgan fingerprint density at radius 1 is 1.47 bits per heavy atom. The van der Waals surface area contributed by atoms with Crippen LogP contribution in [0, 0.1) is 6.92 Å². The van der Waals surface area contributed by atoms with Gasteiger partial charge in [-0.2, -0.15) is 4.31 Å². The second kappa shape index (κ2) is 5.22. The maximum Gasteiger partial charge on any atom is 0.349 e. The van der Waals surface area contributed by atoms with Gasteiger partial charge in [0.15, 0.2) is 0 Å². The van der Waals surface area contributed by atoms with Gasteiger partial charge in [0.05, 0.1) is 7.11 Å². The molecule has 0 N–H and O–H groups in total. The number of sulfonamides is 1. The summed E-state index contributed by atoms with van der Waals surface area (Å²) in [6.07, 6.45) is 2.82. The van der Waals surface area contributed by atoms with Gasteiger partial charge in [-0.1, -0.05) is 6.42 Å². The van der Waals surface area contributed by atoms with E-state index in [1.165, 1.54) is 11.4 Å². The quantitative estimate of drug-likeness (QED) is 0.798. The van der Waals surface area contributed by atoms with E-state index in [0.717, 1.165) is 30.6 Å². The first-order chi connectivity index (χ1) is 8.89. The first-order valence-corrected chi connectivity index (χ1v) is 8.36. The molecule has 1 saturated carbocycles. The average Bonchev–Trinajstić information content (AvgIpc) is 2.68. The Hall–Kier alpha value is -0.920. The predicted octanol–water partition coefficient (Wildman–Crippen LogP) is 2.02. The minimum absolute atomic E-state index is 0.0507. The molecule has 1 heterocycles. The van der Waals surface area contributed by atoms with E-state index in [2.05, 4.69) is 4.74 Å². The molecular weight excluding hydrogens is 286 g/mol. The van der Waals surface area contributed by atoms with Crippen molar-refractivity contribution in [1.29, 1.82) is 0 Å². The van der Waals surface area contributed by atoms with E-state index in [1.54, 1.807) is 19.4 Å². The summed E-state index contributed by atoms with van der Waals surface area (Å²) in [4.78, 5) is 11.9. The molecule has 1 aromatic heterocycles. The SMILES string of the molecule is COC(=O)c1scc(C)c1S(=O)(=O)N(C)C1CCC1. The van der Waals surface area contributed by atoms with Crippen LogP contribution in [0.5, 0.6) is 0 Å². The van der Waals surface area contributed by atoms with E-state index >= 15 is 0 Å². The van der Waals surface area contributed by atoms with Crippen LogP contribution in [-0.2, 0) is 14.8 Å². The van der Waals surface area contributed by atoms with E-state index in [-0.39, 0.29) is 15.8 Å². The number of carbonyl (C=O) groups excluding carboxylic acids is 1. The molecule has 1 aliphatic rings. The number of hydrogen-bond donors (Lipinski definition) is 0. The van der Waals surface area contributed by atoms with Crippen molar-refractivity contribution in [3.63, 3.8) is 0 Å². The lowest BCUT2D eigenvalue weighted by Crippen LogP contribution is -2.41. The number of esters is 1. The largest absolute Gasteiger partial charge is 0.465 e. The number of hydrogen-bond acceptors (Lipinski definition) is 5. The Labute approximate surface area is 117 Å². The highest BCUT2D eigenvalue weighted by Crippen LogP contribution is 2.34. The molecule has 0 unspecified atom stereocenters. The normalized spacial score (nSPS) is 16.4. The van der Waals surface area contributed by atoms with Crippen molar-refractivity contribution in [2.75, 3.05) is 14.2 Å². The van der Waals surface area contributed by atoms with E-state index < -0.39 is 16.0 Å². The zero-order valence-corrected chi connectivity index (χ0v) is 12.8. The lowest BCUT2D eigenvalue weighted by atomic mass is 9.94. The van der Waals surface area contributed by atoms with Crippen molar-refractivity contribution in [3.05, 3.63) is 15.8 Å². The number of methoxy groups -OCH3 is 1. The van der Waals surface area contributed by atoms with Crippen LogP contribution in [0.25, 0.3) is 0 Å². The van der Waals surface area contributed by atoms with Gasteiger partial charge >= 0.3 is 5.97 Å². The smallest absolute Gasteiger partial charge is 0.349 e. The van der Waals surface area contributed by atoms with Crippen LogP contribution in [0.4, 0.5) is 0 Å². The zero-order chi connectivity index (χ0) is 14.2. The van der Waals surface area contributed by atoms with Crippen LogP contribution in [0.1, 0.15) is 34.5 Å². The molecule has 1 fully saturated rings. The molecule has 0 spiro atoms. The summed E-state index contributed by atoms with van der Waals surface area (Å²) in [6.45, 7) is 1.70. The van der Waals surface area contributed by atoms with Crippen LogP contribution in [0.15, 0.2) is 10.3 Å². The highest BCUT2D eigenvalue weighted by Gasteiger charge is 2.36. The third-order valence-corrected chi connectivity index (χ3v) is 6.82. The summed E-state index contributed by atoms with van der Waals surface area (Å²) < 4.78 is 31.3. The lowest BCUT2D eigenvalue weighted by Gasteiger charge is -2.33. The van der Waals surface area contributed by atoms with Crippen LogP contribution in [0.3, 0.4) is 0 Å². The topological polar surface area (TPSA) is 63.7 Å². The Kier molecular flexibility index (Phi) is 3.98. The zero-order valence-electron chi connectivity index (χ0n) is 11.2. The number of ether oxygens (including phenoxy) is 1. The second-order valence-corrected chi connectivity index (χ2v) is 7.49. The van der Waals surface area contributed by atoms with Gasteiger partial charge in [-0.15, -0.1) is 11.3 Å². The van der Waals surface area contributed by atoms with Gasteiger partial charge in [0.25, 0.3) is 0 Å². The second-order valence-electron chi connectivity index (χ2n) is 4.67. The van der Waals surface area contributed by atoms with E-state index in [4.69, 9.17) is 0 Å². The van der Waals surface area contributed by atoms with Crippen LogP contribution in [0.2, 0.25) is 0 Å². The predicted molar refractivity (Wildman–Crippen MR) is 73.0 cm³/mol. The van der Waals surface area contributed by atoms with Crippen molar-refractivity contribution < 1.29 is 17.9 Å².